The first-order valence-electron chi connectivity index (χ1n) is 6.51. The van der Waals surface area contributed by atoms with Crippen LogP contribution >= 0.6 is 0 Å². The molecule has 8 heteroatoms. The normalized spacial score (nSPS) is 13.5. The van der Waals surface area contributed by atoms with Crippen molar-refractivity contribution in [1.82, 2.24) is 4.90 Å². The van der Waals surface area contributed by atoms with Crippen LogP contribution in [0, 0.1) is 10.1 Å². The van der Waals surface area contributed by atoms with E-state index in [-0.39, 0.29) is 30.7 Å². The third kappa shape index (κ3) is 4.16. The number of nitrogens with zero attached hydrogens (tertiary/aromatic N) is 2. The highest BCUT2D eigenvalue weighted by Crippen LogP contribution is 2.27. The molecule has 1 aliphatic rings. The van der Waals surface area contributed by atoms with Gasteiger partial charge in [0.2, 0.25) is 0 Å². The van der Waals surface area contributed by atoms with Crippen LogP contribution in [-0.4, -0.2) is 39.5 Å². The second-order valence-corrected chi connectivity index (χ2v) is 4.80. The average Bonchev–Trinajstić information content (AvgIpc) is 3.23. The molecule has 1 aliphatic carbocycles. The number of anilines is 1. The Hall–Kier alpha value is -2.64. The lowest BCUT2D eigenvalue weighted by atomic mass is 10.3. The number of rotatable bonds is 6. The van der Waals surface area contributed by atoms with Crippen LogP contribution in [-0.2, 0) is 4.79 Å². The van der Waals surface area contributed by atoms with E-state index in [2.05, 4.69) is 5.32 Å². The number of carboxylic acids is 1. The van der Waals surface area contributed by atoms with Gasteiger partial charge in [0.05, 0.1) is 11.3 Å². The zero-order chi connectivity index (χ0) is 15.4. The molecule has 0 aromatic heterocycles. The summed E-state index contributed by atoms with van der Waals surface area (Å²) < 4.78 is 0. The lowest BCUT2D eigenvalue weighted by Gasteiger charge is -2.22. The molecule has 1 saturated carbocycles. The largest absolute Gasteiger partial charge is 0.481 e. The van der Waals surface area contributed by atoms with Crippen molar-refractivity contribution in [3.05, 3.63) is 34.4 Å². The number of carbonyl (C=O) groups is 2. The van der Waals surface area contributed by atoms with Gasteiger partial charge >= 0.3 is 12.0 Å². The topological polar surface area (TPSA) is 113 Å². The first-order chi connectivity index (χ1) is 9.97. The van der Waals surface area contributed by atoms with Gasteiger partial charge in [0, 0.05) is 30.4 Å². The number of hydrogen-bond acceptors (Lipinski definition) is 4. The molecule has 112 valence electrons. The number of aliphatic carboxylic acids is 1. The number of nitrogens with one attached hydrogen (secondary N) is 1. The van der Waals surface area contributed by atoms with Gasteiger partial charge in [-0.3, -0.25) is 14.9 Å². The zero-order valence-electron chi connectivity index (χ0n) is 11.2. The summed E-state index contributed by atoms with van der Waals surface area (Å²) in [5.41, 5.74) is 0.379. The predicted octanol–water partition coefficient (Wildman–Crippen LogP) is 2.07. The minimum Gasteiger partial charge on any atom is -0.481 e. The van der Waals surface area contributed by atoms with Gasteiger partial charge in [0.15, 0.2) is 0 Å². The number of nitro benzene ring substituents is 1. The van der Waals surface area contributed by atoms with Crippen molar-refractivity contribution in [3.63, 3.8) is 0 Å². The fourth-order valence-corrected chi connectivity index (χ4v) is 1.91. The predicted molar refractivity (Wildman–Crippen MR) is 74.1 cm³/mol. The minimum absolute atomic E-state index is 0.0575. The molecule has 0 spiro atoms. The summed E-state index contributed by atoms with van der Waals surface area (Å²) in [6.07, 6.45) is 1.63. The molecule has 1 fully saturated rings. The molecular weight excluding hydrogens is 278 g/mol. The molecule has 2 rings (SSSR count). The van der Waals surface area contributed by atoms with E-state index in [1.807, 2.05) is 0 Å². The first kappa shape index (κ1) is 14.8. The van der Waals surface area contributed by atoms with E-state index in [0.29, 0.717) is 5.69 Å². The van der Waals surface area contributed by atoms with Crippen molar-refractivity contribution >= 4 is 23.4 Å². The molecule has 0 bridgehead atoms. The summed E-state index contributed by atoms with van der Waals surface area (Å²) in [4.78, 5) is 34.2. The Balaban J connectivity index is 1.97. The molecular formula is C13H15N3O5. The number of nitro groups is 1. The second kappa shape index (κ2) is 6.21. The Morgan fingerprint density at radius 3 is 2.43 bits per heavy atom. The fourth-order valence-electron chi connectivity index (χ4n) is 1.91. The van der Waals surface area contributed by atoms with Gasteiger partial charge in [-0.05, 0) is 25.0 Å². The highest BCUT2D eigenvalue weighted by atomic mass is 16.6. The van der Waals surface area contributed by atoms with Gasteiger partial charge in [0.1, 0.15) is 0 Å². The summed E-state index contributed by atoms with van der Waals surface area (Å²) in [6.45, 7) is 0.152. The highest BCUT2D eigenvalue weighted by molar-refractivity contribution is 5.90. The second-order valence-electron chi connectivity index (χ2n) is 4.80. The van der Waals surface area contributed by atoms with E-state index in [0.717, 1.165) is 12.8 Å². The monoisotopic (exact) mass is 293 g/mol. The van der Waals surface area contributed by atoms with Crippen LogP contribution in [0.25, 0.3) is 0 Å². The Bertz CT molecular complexity index is 553. The highest BCUT2D eigenvalue weighted by Gasteiger charge is 2.32. The van der Waals surface area contributed by atoms with E-state index < -0.39 is 10.9 Å². The van der Waals surface area contributed by atoms with E-state index in [1.54, 1.807) is 0 Å². The number of non-ortho nitro benzene ring substituents is 1. The molecule has 0 heterocycles. The van der Waals surface area contributed by atoms with Crippen LogP contribution in [0.4, 0.5) is 16.2 Å². The molecule has 0 atom stereocenters. The van der Waals surface area contributed by atoms with Crippen LogP contribution in [0.5, 0.6) is 0 Å². The van der Waals surface area contributed by atoms with Gasteiger partial charge < -0.3 is 15.3 Å². The number of amides is 2. The molecule has 8 nitrogen and oxygen atoms in total. The maximum Gasteiger partial charge on any atom is 0.322 e. The van der Waals surface area contributed by atoms with Crippen molar-refractivity contribution in [2.24, 2.45) is 0 Å². The molecule has 21 heavy (non-hydrogen) atoms. The zero-order valence-corrected chi connectivity index (χ0v) is 11.2. The number of carbonyl (C=O) groups excluding carboxylic acids is 1. The molecule has 0 saturated heterocycles. The quantitative estimate of drug-likeness (QED) is 0.615. The molecule has 1 aromatic carbocycles. The Morgan fingerprint density at radius 1 is 1.33 bits per heavy atom. The molecule has 0 unspecified atom stereocenters. The van der Waals surface area contributed by atoms with E-state index in [9.17, 15) is 19.7 Å². The smallest absolute Gasteiger partial charge is 0.322 e. The van der Waals surface area contributed by atoms with Crippen LogP contribution in [0.15, 0.2) is 24.3 Å². The molecule has 1 aromatic rings. The minimum atomic E-state index is -0.955. The molecule has 2 amide bonds. The van der Waals surface area contributed by atoms with Crippen molar-refractivity contribution in [3.8, 4) is 0 Å². The van der Waals surface area contributed by atoms with E-state index in [4.69, 9.17) is 5.11 Å². The molecule has 0 radical (unpaired) electrons. The summed E-state index contributed by atoms with van der Waals surface area (Å²) in [7, 11) is 0. The number of benzene rings is 1. The number of hydrogen-bond donors (Lipinski definition) is 2. The van der Waals surface area contributed by atoms with Gasteiger partial charge in [0.25, 0.3) is 5.69 Å². The van der Waals surface area contributed by atoms with Gasteiger partial charge in [-0.25, -0.2) is 4.79 Å². The Kier molecular flexibility index (Phi) is 4.36. The third-order valence-corrected chi connectivity index (χ3v) is 3.14. The lowest BCUT2D eigenvalue weighted by Crippen LogP contribution is -2.38. The standard InChI is InChI=1S/C13H15N3O5/c17-12(18)7-8-15(10-5-6-10)13(19)14-9-1-3-11(4-2-9)16(20)21/h1-4,10H,5-8H2,(H,14,19)(H,17,18). The van der Waals surface area contributed by atoms with Crippen molar-refractivity contribution in [2.45, 2.75) is 25.3 Å². The first-order valence-corrected chi connectivity index (χ1v) is 6.51. The van der Waals surface area contributed by atoms with Crippen molar-refractivity contribution < 1.29 is 19.6 Å². The summed E-state index contributed by atoms with van der Waals surface area (Å²) in [5.74, 6) is -0.955. The maximum absolute atomic E-state index is 12.1. The van der Waals surface area contributed by atoms with Crippen LogP contribution in [0.2, 0.25) is 0 Å². The summed E-state index contributed by atoms with van der Waals surface area (Å²) in [6, 6.07) is 5.19. The van der Waals surface area contributed by atoms with E-state index >= 15 is 0 Å². The maximum atomic E-state index is 12.1. The Morgan fingerprint density at radius 2 is 1.95 bits per heavy atom. The van der Waals surface area contributed by atoms with Gasteiger partial charge in [-0.2, -0.15) is 0 Å². The number of carboxylic acid groups (broad SMARTS) is 1. The molecule has 2 N–H and O–H groups in total. The summed E-state index contributed by atoms with van der Waals surface area (Å²) in [5, 5.41) is 21.9. The summed E-state index contributed by atoms with van der Waals surface area (Å²) >= 11 is 0. The SMILES string of the molecule is O=C(O)CCN(C(=O)Nc1ccc([N+](=O)[O-])cc1)C1CC1. The van der Waals surface area contributed by atoms with Crippen LogP contribution in [0.3, 0.4) is 0 Å². The van der Waals surface area contributed by atoms with E-state index in [1.165, 1.54) is 29.2 Å². The van der Waals surface area contributed by atoms with Crippen molar-refractivity contribution in [1.29, 1.82) is 0 Å². The average molecular weight is 293 g/mol. The van der Waals surface area contributed by atoms with Gasteiger partial charge in [-0.1, -0.05) is 0 Å². The fraction of sp³-hybridized carbons (Fsp3) is 0.385. The van der Waals surface area contributed by atoms with Crippen LogP contribution in [0.1, 0.15) is 19.3 Å². The van der Waals surface area contributed by atoms with Crippen molar-refractivity contribution in [2.75, 3.05) is 11.9 Å². The lowest BCUT2D eigenvalue weighted by molar-refractivity contribution is -0.384. The van der Waals surface area contributed by atoms with Gasteiger partial charge in [-0.15, -0.1) is 0 Å². The Labute approximate surface area is 120 Å². The third-order valence-electron chi connectivity index (χ3n) is 3.14. The number of urea groups is 1. The molecule has 0 aliphatic heterocycles. The van der Waals surface area contributed by atoms with Crippen LogP contribution < -0.4 is 5.32 Å².